The van der Waals surface area contributed by atoms with Crippen molar-refractivity contribution in [3.05, 3.63) is 59.2 Å². The molecule has 100 valence electrons. The zero-order valence-corrected chi connectivity index (χ0v) is 12.1. The van der Waals surface area contributed by atoms with Gasteiger partial charge in [-0.2, -0.15) is 0 Å². The summed E-state index contributed by atoms with van der Waals surface area (Å²) in [5.74, 6) is 0. The van der Waals surface area contributed by atoms with E-state index in [-0.39, 0.29) is 6.04 Å². The van der Waals surface area contributed by atoms with Gasteiger partial charge < -0.3 is 5.73 Å². The van der Waals surface area contributed by atoms with Gasteiger partial charge in [-0.3, -0.25) is 0 Å². The van der Waals surface area contributed by atoms with Crippen LogP contribution in [-0.2, 0) is 12.8 Å². The number of benzene rings is 2. The lowest BCUT2D eigenvalue weighted by Gasteiger charge is -2.16. The zero-order chi connectivity index (χ0) is 13.8. The van der Waals surface area contributed by atoms with Crippen LogP contribution < -0.4 is 5.73 Å². The van der Waals surface area contributed by atoms with Crippen LogP contribution in [0.1, 0.15) is 43.5 Å². The Labute approximate surface area is 116 Å². The summed E-state index contributed by atoms with van der Waals surface area (Å²) in [5.41, 5.74) is 12.7. The second-order valence-corrected chi connectivity index (χ2v) is 5.07. The predicted octanol–water partition coefficient (Wildman–Crippen LogP) is 4.50. The van der Waals surface area contributed by atoms with Crippen molar-refractivity contribution in [3.8, 4) is 11.1 Å². The van der Waals surface area contributed by atoms with Gasteiger partial charge in [-0.05, 0) is 47.6 Å². The van der Waals surface area contributed by atoms with E-state index in [2.05, 4.69) is 56.3 Å². The van der Waals surface area contributed by atoms with Crippen LogP contribution in [-0.4, -0.2) is 0 Å². The summed E-state index contributed by atoms with van der Waals surface area (Å²) in [6.07, 6.45) is 2.12. The van der Waals surface area contributed by atoms with Crippen molar-refractivity contribution < 1.29 is 0 Å². The summed E-state index contributed by atoms with van der Waals surface area (Å²) in [7, 11) is 0. The SMILES string of the molecule is CCc1ccc(CC)c(-c2ccccc2C(C)N)c1. The fourth-order valence-electron chi connectivity index (χ4n) is 2.54. The van der Waals surface area contributed by atoms with E-state index in [0.717, 1.165) is 12.8 Å². The molecule has 2 N–H and O–H groups in total. The molecule has 0 fully saturated rings. The highest BCUT2D eigenvalue weighted by Gasteiger charge is 2.11. The maximum atomic E-state index is 6.11. The van der Waals surface area contributed by atoms with Crippen LogP contribution in [0.5, 0.6) is 0 Å². The Bertz CT molecular complexity index is 555. The molecular formula is C18H23N. The lowest BCUT2D eigenvalue weighted by molar-refractivity contribution is 0.820. The van der Waals surface area contributed by atoms with E-state index >= 15 is 0 Å². The van der Waals surface area contributed by atoms with Crippen LogP contribution in [0, 0.1) is 0 Å². The third-order valence-corrected chi connectivity index (χ3v) is 3.70. The summed E-state index contributed by atoms with van der Waals surface area (Å²) in [5, 5.41) is 0. The quantitative estimate of drug-likeness (QED) is 0.853. The molecule has 0 aliphatic heterocycles. The molecule has 0 bridgehead atoms. The molecule has 0 aliphatic carbocycles. The molecule has 1 unspecified atom stereocenters. The van der Waals surface area contributed by atoms with Crippen molar-refractivity contribution in [2.45, 2.75) is 39.7 Å². The minimum atomic E-state index is 0.0613. The third kappa shape index (κ3) is 2.87. The Morgan fingerprint density at radius 3 is 2.32 bits per heavy atom. The van der Waals surface area contributed by atoms with Gasteiger partial charge in [0.15, 0.2) is 0 Å². The largest absolute Gasteiger partial charge is 0.324 e. The first-order valence-electron chi connectivity index (χ1n) is 7.14. The average Bonchev–Trinajstić information content (AvgIpc) is 2.46. The number of aryl methyl sites for hydroxylation is 2. The number of nitrogens with two attached hydrogens (primary N) is 1. The summed E-state index contributed by atoms with van der Waals surface area (Å²) >= 11 is 0. The average molecular weight is 253 g/mol. The first-order chi connectivity index (χ1) is 9.17. The molecule has 1 nitrogen and oxygen atoms in total. The van der Waals surface area contributed by atoms with Crippen LogP contribution in [0.4, 0.5) is 0 Å². The summed E-state index contributed by atoms with van der Waals surface area (Å²) in [4.78, 5) is 0. The first-order valence-corrected chi connectivity index (χ1v) is 7.14. The topological polar surface area (TPSA) is 26.0 Å². The number of hydrogen-bond acceptors (Lipinski definition) is 1. The summed E-state index contributed by atoms with van der Waals surface area (Å²) in [6, 6.07) is 15.4. The van der Waals surface area contributed by atoms with Crippen molar-refractivity contribution >= 4 is 0 Å². The van der Waals surface area contributed by atoms with Crippen LogP contribution in [0.3, 0.4) is 0 Å². The lowest BCUT2D eigenvalue weighted by atomic mass is 9.90. The predicted molar refractivity (Wildman–Crippen MR) is 83.2 cm³/mol. The van der Waals surface area contributed by atoms with E-state index < -0.39 is 0 Å². The summed E-state index contributed by atoms with van der Waals surface area (Å²) < 4.78 is 0. The number of hydrogen-bond donors (Lipinski definition) is 1. The first kappa shape index (κ1) is 13.8. The van der Waals surface area contributed by atoms with Crippen molar-refractivity contribution in [2.75, 3.05) is 0 Å². The smallest absolute Gasteiger partial charge is 0.0272 e. The van der Waals surface area contributed by atoms with Crippen LogP contribution in [0.25, 0.3) is 11.1 Å². The molecule has 1 heteroatoms. The molecule has 0 aromatic heterocycles. The van der Waals surface area contributed by atoms with Crippen molar-refractivity contribution in [1.29, 1.82) is 0 Å². The Morgan fingerprint density at radius 1 is 0.947 bits per heavy atom. The highest BCUT2D eigenvalue weighted by atomic mass is 14.6. The van der Waals surface area contributed by atoms with Crippen molar-refractivity contribution in [2.24, 2.45) is 5.73 Å². The standard InChI is InChI=1S/C18H23N/c1-4-14-10-11-15(5-2)18(12-14)17-9-7-6-8-16(17)13(3)19/h6-13H,4-5,19H2,1-3H3. The van der Waals surface area contributed by atoms with Crippen LogP contribution >= 0.6 is 0 Å². The Hall–Kier alpha value is -1.60. The summed E-state index contributed by atoms with van der Waals surface area (Å²) in [6.45, 7) is 6.45. The van der Waals surface area contributed by atoms with Crippen molar-refractivity contribution in [1.82, 2.24) is 0 Å². The maximum absolute atomic E-state index is 6.11. The van der Waals surface area contributed by atoms with Gasteiger partial charge in [0.25, 0.3) is 0 Å². The molecule has 0 heterocycles. The van der Waals surface area contributed by atoms with E-state index in [1.165, 1.54) is 27.8 Å². The third-order valence-electron chi connectivity index (χ3n) is 3.70. The van der Waals surface area contributed by atoms with Crippen molar-refractivity contribution in [3.63, 3.8) is 0 Å². The molecule has 0 radical (unpaired) electrons. The Morgan fingerprint density at radius 2 is 1.68 bits per heavy atom. The van der Waals surface area contributed by atoms with Gasteiger partial charge in [-0.15, -0.1) is 0 Å². The number of rotatable bonds is 4. The van der Waals surface area contributed by atoms with Gasteiger partial charge in [-0.25, -0.2) is 0 Å². The van der Waals surface area contributed by atoms with Gasteiger partial charge in [0.05, 0.1) is 0 Å². The molecule has 0 saturated heterocycles. The Kier molecular flexibility index (Phi) is 4.39. The molecule has 2 aromatic rings. The van der Waals surface area contributed by atoms with E-state index in [9.17, 15) is 0 Å². The van der Waals surface area contributed by atoms with Crippen LogP contribution in [0.15, 0.2) is 42.5 Å². The highest BCUT2D eigenvalue weighted by molar-refractivity contribution is 5.72. The second-order valence-electron chi connectivity index (χ2n) is 5.07. The zero-order valence-electron chi connectivity index (χ0n) is 12.1. The highest BCUT2D eigenvalue weighted by Crippen LogP contribution is 2.31. The maximum Gasteiger partial charge on any atom is 0.0272 e. The van der Waals surface area contributed by atoms with Gasteiger partial charge in [0.2, 0.25) is 0 Å². The van der Waals surface area contributed by atoms with Crippen LogP contribution in [0.2, 0.25) is 0 Å². The minimum absolute atomic E-state index is 0.0613. The lowest BCUT2D eigenvalue weighted by Crippen LogP contribution is -2.07. The molecule has 2 rings (SSSR count). The minimum Gasteiger partial charge on any atom is -0.324 e. The fraction of sp³-hybridized carbons (Fsp3) is 0.333. The van der Waals surface area contributed by atoms with Gasteiger partial charge in [0.1, 0.15) is 0 Å². The monoisotopic (exact) mass is 253 g/mol. The van der Waals surface area contributed by atoms with Gasteiger partial charge in [-0.1, -0.05) is 56.3 Å². The molecule has 0 aliphatic rings. The normalized spacial score (nSPS) is 12.4. The van der Waals surface area contributed by atoms with E-state index in [1.54, 1.807) is 0 Å². The van der Waals surface area contributed by atoms with E-state index in [4.69, 9.17) is 5.73 Å². The van der Waals surface area contributed by atoms with E-state index in [1.807, 2.05) is 6.92 Å². The molecule has 2 aromatic carbocycles. The van der Waals surface area contributed by atoms with E-state index in [0.29, 0.717) is 0 Å². The molecule has 0 saturated carbocycles. The Balaban J connectivity index is 2.63. The van der Waals surface area contributed by atoms with Gasteiger partial charge in [0, 0.05) is 6.04 Å². The molecular weight excluding hydrogens is 230 g/mol. The molecule has 0 spiro atoms. The second kappa shape index (κ2) is 6.03. The molecule has 0 amide bonds. The van der Waals surface area contributed by atoms with Gasteiger partial charge >= 0.3 is 0 Å². The molecule has 1 atom stereocenters. The molecule has 19 heavy (non-hydrogen) atoms. The fourth-order valence-corrected chi connectivity index (χ4v) is 2.54.